The molecule has 1 aromatic heterocycles. The summed E-state index contributed by atoms with van der Waals surface area (Å²) in [7, 11) is 0.0711. The quantitative estimate of drug-likeness (QED) is 0.769. The number of methoxy groups -OCH3 is 1. The zero-order valence-electron chi connectivity index (χ0n) is 15.0. The van der Waals surface area contributed by atoms with Crippen LogP contribution < -0.4 is 9.68 Å². The summed E-state index contributed by atoms with van der Waals surface area (Å²) in [4.78, 5) is 15.8. The van der Waals surface area contributed by atoms with Gasteiger partial charge in [0.15, 0.2) is 0 Å². The number of carbonyl (C=O) groups excluding carboxylic acids is 1. The Morgan fingerprint density at radius 3 is 2.50 bits per heavy atom. The molecule has 1 fully saturated rings. The van der Waals surface area contributed by atoms with Crippen molar-refractivity contribution in [3.8, 4) is 0 Å². The molecule has 1 aromatic rings. The maximum Gasteiger partial charge on any atom is 0.499 e. The molecule has 1 aliphatic carbocycles. The van der Waals surface area contributed by atoms with E-state index in [2.05, 4.69) is 6.92 Å². The minimum Gasteiger partial charge on any atom is -0.423 e. The van der Waals surface area contributed by atoms with Crippen molar-refractivity contribution in [2.75, 3.05) is 12.0 Å². The summed E-state index contributed by atoms with van der Waals surface area (Å²) in [6, 6.07) is 1.72. The Bertz CT molecular complexity index is 553. The van der Waals surface area contributed by atoms with Crippen molar-refractivity contribution in [2.24, 2.45) is 11.8 Å². The van der Waals surface area contributed by atoms with Crippen LogP contribution in [0.15, 0.2) is 6.07 Å². The van der Waals surface area contributed by atoms with E-state index in [1.165, 1.54) is 11.3 Å². The fourth-order valence-corrected chi connectivity index (χ4v) is 4.36. The van der Waals surface area contributed by atoms with Crippen LogP contribution in [-0.2, 0) is 16.1 Å². The van der Waals surface area contributed by atoms with Crippen molar-refractivity contribution in [1.29, 1.82) is 0 Å². The van der Waals surface area contributed by atoms with E-state index in [0.717, 1.165) is 36.2 Å². The van der Waals surface area contributed by atoms with Gasteiger partial charge in [0.2, 0.25) is 5.91 Å². The highest BCUT2D eigenvalue weighted by Crippen LogP contribution is 2.34. The molecule has 5 nitrogen and oxygen atoms in total. The highest BCUT2D eigenvalue weighted by molar-refractivity contribution is 7.22. The van der Waals surface area contributed by atoms with Gasteiger partial charge in [0.05, 0.1) is 17.2 Å². The molecule has 134 valence electrons. The van der Waals surface area contributed by atoms with Crippen LogP contribution in [0.1, 0.15) is 51.3 Å². The summed E-state index contributed by atoms with van der Waals surface area (Å²) in [5.74, 6) is 0.898. The van der Waals surface area contributed by atoms with Crippen LogP contribution in [0, 0.1) is 11.8 Å². The van der Waals surface area contributed by atoms with Crippen LogP contribution in [0.4, 0.5) is 5.69 Å². The summed E-state index contributed by atoms with van der Waals surface area (Å²) >= 11 is 1.28. The second kappa shape index (κ2) is 8.47. The van der Waals surface area contributed by atoms with E-state index in [-0.39, 0.29) is 17.9 Å². The Morgan fingerprint density at radius 2 is 2.00 bits per heavy atom. The molecule has 0 bridgehead atoms. The fourth-order valence-electron chi connectivity index (χ4n) is 3.36. The van der Waals surface area contributed by atoms with E-state index in [4.69, 9.17) is 4.74 Å². The highest BCUT2D eigenvalue weighted by atomic mass is 32.1. The second-order valence-electron chi connectivity index (χ2n) is 7.02. The maximum absolute atomic E-state index is 13.1. The Labute approximate surface area is 148 Å². The molecular weight excluding hydrogens is 325 g/mol. The molecule has 0 saturated heterocycles. The molecule has 1 heterocycles. The molecule has 2 rings (SSSR count). The molecule has 0 unspecified atom stereocenters. The summed E-state index contributed by atoms with van der Waals surface area (Å²) < 4.78 is 5.68. The van der Waals surface area contributed by atoms with Crippen LogP contribution in [0.3, 0.4) is 0 Å². The number of nitrogens with zero attached hydrogens (tertiary/aromatic N) is 1. The average Bonchev–Trinajstić information content (AvgIpc) is 2.92. The number of carbonyl (C=O) groups is 1. The lowest BCUT2D eigenvalue weighted by Gasteiger charge is -2.33. The van der Waals surface area contributed by atoms with E-state index in [1.54, 1.807) is 13.2 Å². The van der Waals surface area contributed by atoms with Gasteiger partial charge >= 0.3 is 7.12 Å². The molecule has 1 amide bonds. The molecule has 2 N–H and O–H groups in total. The lowest BCUT2D eigenvalue weighted by atomic mass is 9.82. The predicted molar refractivity (Wildman–Crippen MR) is 98.6 cm³/mol. The minimum absolute atomic E-state index is 0.00532. The van der Waals surface area contributed by atoms with Crippen LogP contribution in [0.5, 0.6) is 0 Å². The van der Waals surface area contributed by atoms with Crippen molar-refractivity contribution >= 4 is 34.8 Å². The molecule has 7 heteroatoms. The SMILES string of the molecule is COCc1sc(B(O)O)cc1N(C(=O)C1CCC(C)CC1)C(C)C. The predicted octanol–water partition coefficient (Wildman–Crippen LogP) is 2.14. The summed E-state index contributed by atoms with van der Waals surface area (Å²) in [5, 5.41) is 19.0. The Morgan fingerprint density at radius 1 is 1.38 bits per heavy atom. The molecule has 1 saturated carbocycles. The number of ether oxygens (including phenoxy) is 1. The van der Waals surface area contributed by atoms with Gasteiger partial charge in [0.1, 0.15) is 0 Å². The van der Waals surface area contributed by atoms with E-state index in [1.807, 2.05) is 18.7 Å². The molecule has 0 atom stereocenters. The summed E-state index contributed by atoms with van der Waals surface area (Å²) in [5.41, 5.74) is 0.753. The Hall–Kier alpha value is -0.885. The normalized spacial score (nSPS) is 21.1. The third-order valence-corrected chi connectivity index (χ3v) is 5.85. The van der Waals surface area contributed by atoms with Crippen molar-refractivity contribution in [3.63, 3.8) is 0 Å². The van der Waals surface area contributed by atoms with Gasteiger partial charge in [0, 0.05) is 23.8 Å². The van der Waals surface area contributed by atoms with Gasteiger partial charge in [-0.2, -0.15) is 0 Å². The van der Waals surface area contributed by atoms with E-state index >= 15 is 0 Å². The molecular formula is C17H28BNO4S. The van der Waals surface area contributed by atoms with Crippen molar-refractivity contribution in [3.05, 3.63) is 10.9 Å². The third-order valence-electron chi connectivity index (χ3n) is 4.71. The zero-order valence-corrected chi connectivity index (χ0v) is 15.8. The van der Waals surface area contributed by atoms with Gasteiger partial charge in [0.25, 0.3) is 0 Å². The van der Waals surface area contributed by atoms with Crippen LogP contribution >= 0.6 is 11.3 Å². The molecule has 24 heavy (non-hydrogen) atoms. The van der Waals surface area contributed by atoms with E-state index < -0.39 is 7.12 Å². The number of amides is 1. The van der Waals surface area contributed by atoms with Crippen molar-refractivity contribution in [2.45, 2.75) is 59.1 Å². The van der Waals surface area contributed by atoms with Gasteiger partial charge in [-0.05, 0) is 51.5 Å². The fraction of sp³-hybridized carbons (Fsp3) is 0.706. The lowest BCUT2D eigenvalue weighted by Crippen LogP contribution is -2.42. The topological polar surface area (TPSA) is 70.0 Å². The summed E-state index contributed by atoms with van der Waals surface area (Å²) in [6.45, 7) is 6.58. The van der Waals surface area contributed by atoms with Crippen LogP contribution in [0.25, 0.3) is 0 Å². The number of hydrogen-bond acceptors (Lipinski definition) is 5. The number of thiophene rings is 1. The molecule has 0 radical (unpaired) electrons. The van der Waals surface area contributed by atoms with Gasteiger partial charge in [-0.15, -0.1) is 11.3 Å². The van der Waals surface area contributed by atoms with Crippen LogP contribution in [-0.4, -0.2) is 36.2 Å². The Kier molecular flexibility index (Phi) is 6.86. The third kappa shape index (κ3) is 4.39. The second-order valence-corrected chi connectivity index (χ2v) is 8.19. The standard InChI is InChI=1S/C17H28BNO4S/c1-11(2)19(17(20)13-7-5-12(3)6-8-13)14-9-16(18(21)22)24-15(14)10-23-4/h9,11-13,21-22H,5-8,10H2,1-4H3. The monoisotopic (exact) mass is 353 g/mol. The van der Waals surface area contributed by atoms with Gasteiger partial charge < -0.3 is 19.7 Å². The van der Waals surface area contributed by atoms with E-state index in [9.17, 15) is 14.8 Å². The Balaban J connectivity index is 2.31. The molecule has 1 aliphatic rings. The smallest absolute Gasteiger partial charge is 0.423 e. The zero-order chi connectivity index (χ0) is 17.9. The first-order valence-corrected chi connectivity index (χ1v) is 9.47. The minimum atomic E-state index is -1.53. The van der Waals surface area contributed by atoms with Gasteiger partial charge in [-0.1, -0.05) is 6.92 Å². The largest absolute Gasteiger partial charge is 0.499 e. The number of hydrogen-bond donors (Lipinski definition) is 2. The molecule has 0 spiro atoms. The maximum atomic E-state index is 13.1. The average molecular weight is 353 g/mol. The van der Waals surface area contributed by atoms with Crippen molar-refractivity contribution in [1.82, 2.24) is 0 Å². The lowest BCUT2D eigenvalue weighted by molar-refractivity contribution is -0.123. The summed E-state index contributed by atoms with van der Waals surface area (Å²) in [6.07, 6.45) is 4.06. The number of anilines is 1. The molecule has 0 aromatic carbocycles. The highest BCUT2D eigenvalue weighted by Gasteiger charge is 2.32. The van der Waals surface area contributed by atoms with E-state index in [0.29, 0.717) is 17.3 Å². The van der Waals surface area contributed by atoms with Crippen LogP contribution in [0.2, 0.25) is 0 Å². The molecule has 0 aliphatic heterocycles. The van der Waals surface area contributed by atoms with Gasteiger partial charge in [-0.25, -0.2) is 0 Å². The first-order chi connectivity index (χ1) is 11.3. The van der Waals surface area contributed by atoms with Crippen molar-refractivity contribution < 1.29 is 19.6 Å². The number of rotatable bonds is 6. The first kappa shape index (κ1) is 19.4. The first-order valence-electron chi connectivity index (χ1n) is 8.65. The van der Waals surface area contributed by atoms with Gasteiger partial charge in [-0.3, -0.25) is 4.79 Å².